The Morgan fingerprint density at radius 2 is 1.60 bits per heavy atom. The fourth-order valence-corrected chi connectivity index (χ4v) is 2.61. The summed E-state index contributed by atoms with van der Waals surface area (Å²) >= 11 is 0. The maximum atomic E-state index is 14.8. The first kappa shape index (κ1) is 21.7. The highest BCUT2D eigenvalue weighted by molar-refractivity contribution is 5.87. The highest BCUT2D eigenvalue weighted by atomic mass is 19.4. The number of aliphatic hydroxyl groups is 1. The van der Waals surface area contributed by atoms with Gasteiger partial charge < -0.3 is 14.6 Å². The zero-order chi connectivity index (χ0) is 20.3. The van der Waals surface area contributed by atoms with Crippen molar-refractivity contribution in [2.75, 3.05) is 0 Å². The summed E-state index contributed by atoms with van der Waals surface area (Å²) in [6.45, 7) is 4.52. The van der Waals surface area contributed by atoms with Crippen LogP contribution in [0, 0.1) is 0 Å². The van der Waals surface area contributed by atoms with Crippen LogP contribution < -0.4 is 0 Å². The standard InChI is InChI=1S/C14H17F7O4/c1-6-11(24-8(22)7(2)3)12(15,16)9(4,14(19,20)21)25-10(5,23)13(11,17)18/h23H,2,6H2,1,3-5H3. The van der Waals surface area contributed by atoms with Crippen LogP contribution in [-0.2, 0) is 14.3 Å². The Balaban J connectivity index is 3.84. The zero-order valence-corrected chi connectivity index (χ0v) is 13.7. The van der Waals surface area contributed by atoms with Crippen LogP contribution in [0.3, 0.4) is 0 Å². The maximum Gasteiger partial charge on any atom is 0.423 e. The molecular weight excluding hydrogens is 365 g/mol. The monoisotopic (exact) mass is 382 g/mol. The molecule has 0 saturated carbocycles. The van der Waals surface area contributed by atoms with Crippen molar-refractivity contribution in [2.24, 2.45) is 0 Å². The topological polar surface area (TPSA) is 55.8 Å². The Labute approximate surface area is 138 Å². The zero-order valence-electron chi connectivity index (χ0n) is 13.7. The minimum Gasteiger partial charge on any atom is -0.442 e. The molecule has 1 heterocycles. The van der Waals surface area contributed by atoms with Crippen molar-refractivity contribution in [1.29, 1.82) is 0 Å². The molecule has 1 rings (SSSR count). The lowest BCUT2D eigenvalue weighted by atomic mass is 9.71. The first-order valence-electron chi connectivity index (χ1n) is 6.98. The molecule has 0 spiro atoms. The van der Waals surface area contributed by atoms with E-state index in [1.54, 1.807) is 0 Å². The summed E-state index contributed by atoms with van der Waals surface area (Å²) < 4.78 is 107. The van der Waals surface area contributed by atoms with Crippen molar-refractivity contribution in [1.82, 2.24) is 0 Å². The Bertz CT molecular complexity index is 584. The molecule has 0 aromatic rings. The van der Waals surface area contributed by atoms with Crippen molar-refractivity contribution < 1.29 is 50.1 Å². The molecule has 0 aromatic carbocycles. The average molecular weight is 382 g/mol. The van der Waals surface area contributed by atoms with Crippen molar-refractivity contribution >= 4 is 5.97 Å². The normalized spacial score (nSPS) is 37.4. The lowest BCUT2D eigenvalue weighted by Crippen LogP contribution is -2.84. The Kier molecular flexibility index (Phi) is 4.83. The molecule has 146 valence electrons. The summed E-state index contributed by atoms with van der Waals surface area (Å²) in [5.74, 6) is -16.3. The van der Waals surface area contributed by atoms with Crippen LogP contribution >= 0.6 is 0 Å². The van der Waals surface area contributed by atoms with Crippen LogP contribution in [0.5, 0.6) is 0 Å². The predicted octanol–water partition coefficient (Wildman–Crippen LogP) is 3.58. The lowest BCUT2D eigenvalue weighted by Gasteiger charge is -2.58. The number of halogens is 7. The number of carbonyl (C=O) groups excluding carboxylic acids is 1. The van der Waals surface area contributed by atoms with Gasteiger partial charge in [-0.05, 0) is 27.2 Å². The molecular formula is C14H17F7O4. The molecule has 1 fully saturated rings. The second-order valence-electron chi connectivity index (χ2n) is 6.12. The predicted molar refractivity (Wildman–Crippen MR) is 70.0 cm³/mol. The van der Waals surface area contributed by atoms with E-state index in [4.69, 9.17) is 0 Å². The molecule has 0 aliphatic carbocycles. The van der Waals surface area contributed by atoms with Gasteiger partial charge in [-0.15, -0.1) is 0 Å². The number of esters is 1. The van der Waals surface area contributed by atoms with E-state index in [2.05, 4.69) is 16.1 Å². The first-order chi connectivity index (χ1) is 10.8. The smallest absolute Gasteiger partial charge is 0.423 e. The van der Waals surface area contributed by atoms with E-state index in [0.29, 0.717) is 6.92 Å². The van der Waals surface area contributed by atoms with Gasteiger partial charge in [0.25, 0.3) is 0 Å². The third-order valence-corrected chi connectivity index (χ3v) is 4.25. The highest BCUT2D eigenvalue weighted by Gasteiger charge is 2.90. The molecule has 1 N–H and O–H groups in total. The van der Waals surface area contributed by atoms with E-state index < -0.39 is 53.0 Å². The fraction of sp³-hybridized carbons (Fsp3) is 0.786. The van der Waals surface area contributed by atoms with Gasteiger partial charge in [-0.1, -0.05) is 13.5 Å². The van der Waals surface area contributed by atoms with Gasteiger partial charge in [0.05, 0.1) is 0 Å². The molecule has 11 heteroatoms. The van der Waals surface area contributed by atoms with Gasteiger partial charge >= 0.3 is 24.0 Å². The highest BCUT2D eigenvalue weighted by Crippen LogP contribution is 2.64. The lowest BCUT2D eigenvalue weighted by molar-refractivity contribution is -0.512. The van der Waals surface area contributed by atoms with Crippen LogP contribution in [0.4, 0.5) is 30.7 Å². The van der Waals surface area contributed by atoms with Gasteiger partial charge in [0.15, 0.2) is 0 Å². The van der Waals surface area contributed by atoms with Gasteiger partial charge in [0.2, 0.25) is 17.0 Å². The van der Waals surface area contributed by atoms with Crippen LogP contribution in [0.2, 0.25) is 0 Å². The van der Waals surface area contributed by atoms with Crippen molar-refractivity contribution in [3.63, 3.8) is 0 Å². The summed E-state index contributed by atoms with van der Waals surface area (Å²) in [7, 11) is 0. The Morgan fingerprint density at radius 3 is 1.92 bits per heavy atom. The van der Waals surface area contributed by atoms with E-state index in [1.807, 2.05) is 0 Å². The molecule has 3 atom stereocenters. The molecule has 3 unspecified atom stereocenters. The van der Waals surface area contributed by atoms with Crippen molar-refractivity contribution in [2.45, 2.75) is 69.1 Å². The average Bonchev–Trinajstić information content (AvgIpc) is 2.40. The molecule has 1 saturated heterocycles. The van der Waals surface area contributed by atoms with Gasteiger partial charge in [-0.25, -0.2) is 4.79 Å². The molecule has 4 nitrogen and oxygen atoms in total. The van der Waals surface area contributed by atoms with E-state index in [-0.39, 0.29) is 13.8 Å². The van der Waals surface area contributed by atoms with E-state index >= 15 is 0 Å². The van der Waals surface area contributed by atoms with Crippen LogP contribution in [0.15, 0.2) is 12.2 Å². The van der Waals surface area contributed by atoms with E-state index in [0.717, 1.165) is 6.92 Å². The Hall–Kier alpha value is -1.36. The molecule has 25 heavy (non-hydrogen) atoms. The number of ether oxygens (including phenoxy) is 2. The quantitative estimate of drug-likeness (QED) is 0.461. The van der Waals surface area contributed by atoms with E-state index in [9.17, 15) is 40.6 Å². The maximum absolute atomic E-state index is 14.8. The van der Waals surface area contributed by atoms with Gasteiger partial charge in [-0.2, -0.15) is 30.7 Å². The molecule has 1 aliphatic rings. The molecule has 0 radical (unpaired) electrons. The minimum absolute atomic E-state index is 0.0885. The van der Waals surface area contributed by atoms with Crippen LogP contribution in [0.25, 0.3) is 0 Å². The number of alkyl halides is 7. The number of carbonyl (C=O) groups is 1. The summed E-state index contributed by atoms with van der Waals surface area (Å²) in [4.78, 5) is 11.6. The van der Waals surface area contributed by atoms with Crippen LogP contribution in [0.1, 0.15) is 34.1 Å². The van der Waals surface area contributed by atoms with Crippen molar-refractivity contribution in [3.05, 3.63) is 12.2 Å². The largest absolute Gasteiger partial charge is 0.442 e. The number of hydrogen-bond donors (Lipinski definition) is 1. The number of rotatable bonds is 3. The van der Waals surface area contributed by atoms with Crippen molar-refractivity contribution in [3.8, 4) is 0 Å². The minimum atomic E-state index is -5.88. The molecule has 0 aromatic heterocycles. The van der Waals surface area contributed by atoms with E-state index in [1.165, 1.54) is 0 Å². The van der Waals surface area contributed by atoms with Gasteiger partial charge in [0.1, 0.15) is 0 Å². The molecule has 0 bridgehead atoms. The Morgan fingerprint density at radius 1 is 1.16 bits per heavy atom. The fourth-order valence-electron chi connectivity index (χ4n) is 2.61. The summed E-state index contributed by atoms with van der Waals surface area (Å²) in [5, 5.41) is 9.73. The third-order valence-electron chi connectivity index (χ3n) is 4.25. The second kappa shape index (κ2) is 5.57. The van der Waals surface area contributed by atoms with Crippen LogP contribution in [-0.4, -0.2) is 46.1 Å². The summed E-state index contributed by atoms with van der Waals surface area (Å²) in [6, 6.07) is 0. The SMILES string of the molecule is C=C(C)C(=O)OC1(CC)C(F)(F)C(C)(O)OC(C)(C(F)(F)F)C1(F)F. The first-order valence-corrected chi connectivity index (χ1v) is 6.98. The molecule has 1 aliphatic heterocycles. The summed E-state index contributed by atoms with van der Waals surface area (Å²) in [6.07, 6.45) is -7.33. The number of hydrogen-bond acceptors (Lipinski definition) is 4. The van der Waals surface area contributed by atoms with Gasteiger partial charge in [0, 0.05) is 5.57 Å². The second-order valence-corrected chi connectivity index (χ2v) is 6.12. The van der Waals surface area contributed by atoms with Gasteiger partial charge in [-0.3, -0.25) is 0 Å². The molecule has 0 amide bonds. The summed E-state index contributed by atoms with van der Waals surface area (Å²) in [5.41, 5.74) is -9.49. The third kappa shape index (κ3) is 2.54.